The topological polar surface area (TPSA) is 52.6 Å². The van der Waals surface area contributed by atoms with E-state index in [2.05, 4.69) is 0 Å². The highest BCUT2D eigenvalue weighted by molar-refractivity contribution is 8.13. The van der Waals surface area contributed by atoms with E-state index < -0.39 is 9.05 Å². The summed E-state index contributed by atoms with van der Waals surface area (Å²) in [7, 11) is 3.38. The quantitative estimate of drug-likeness (QED) is 0.727. The summed E-state index contributed by atoms with van der Waals surface area (Å²) in [6.45, 7) is 4.21. The minimum absolute atomic E-state index is 0.0810. The van der Waals surface area contributed by atoms with Gasteiger partial charge in [-0.3, -0.25) is 0 Å². The van der Waals surface area contributed by atoms with E-state index in [0.29, 0.717) is 12.4 Å². The Bertz CT molecular complexity index is 482. The van der Waals surface area contributed by atoms with Gasteiger partial charge >= 0.3 is 0 Å². The van der Waals surface area contributed by atoms with Crippen LogP contribution in [0.5, 0.6) is 11.5 Å². The third-order valence-electron chi connectivity index (χ3n) is 2.88. The van der Waals surface area contributed by atoms with Gasteiger partial charge in [0.15, 0.2) is 0 Å². The molecule has 0 N–H and O–H groups in total. The van der Waals surface area contributed by atoms with E-state index in [1.807, 2.05) is 13.8 Å². The Morgan fingerprint density at radius 1 is 1.16 bits per heavy atom. The predicted octanol–water partition coefficient (Wildman–Crippen LogP) is 2.91. The number of hydrogen-bond donors (Lipinski definition) is 0. The van der Waals surface area contributed by atoms with Crippen molar-refractivity contribution in [3.63, 3.8) is 0 Å². The molecule has 0 aliphatic heterocycles. The van der Waals surface area contributed by atoms with Gasteiger partial charge in [0.25, 0.3) is 0 Å². The van der Waals surface area contributed by atoms with Crippen LogP contribution in [0.4, 0.5) is 0 Å². The molecular formula is C13H19ClO4S. The van der Waals surface area contributed by atoms with E-state index in [-0.39, 0.29) is 17.6 Å². The number of ether oxygens (including phenoxy) is 2. The monoisotopic (exact) mass is 306 g/mol. The van der Waals surface area contributed by atoms with Crippen LogP contribution in [0.15, 0.2) is 24.3 Å². The van der Waals surface area contributed by atoms with Gasteiger partial charge in [-0.15, -0.1) is 0 Å². The Hall–Kier alpha value is -0.940. The first-order valence-corrected chi connectivity index (χ1v) is 8.49. The molecule has 0 saturated carbocycles. The molecule has 0 heterocycles. The van der Waals surface area contributed by atoms with E-state index >= 15 is 0 Å². The van der Waals surface area contributed by atoms with Crippen molar-refractivity contribution >= 4 is 19.7 Å². The lowest BCUT2D eigenvalue weighted by molar-refractivity contribution is 0.225. The number of hydrogen-bond acceptors (Lipinski definition) is 4. The smallest absolute Gasteiger partial charge is 0.233 e. The molecule has 0 bridgehead atoms. The molecule has 1 aromatic carbocycles. The number of rotatable bonds is 7. The molecule has 0 fully saturated rings. The second-order valence-corrected chi connectivity index (χ2v) is 7.52. The summed E-state index contributed by atoms with van der Waals surface area (Å²) < 4.78 is 32.9. The van der Waals surface area contributed by atoms with Crippen molar-refractivity contribution in [3.8, 4) is 11.5 Å². The van der Waals surface area contributed by atoms with Gasteiger partial charge in [-0.2, -0.15) is 0 Å². The van der Waals surface area contributed by atoms with Crippen LogP contribution in [0.3, 0.4) is 0 Å². The standard InChI is InChI=1S/C13H19ClO4S/c1-10(2)11(9-19(14,15)16)8-18-13-6-4-12(17-3)5-7-13/h4-7,10-11H,8-9H2,1-3H3. The van der Waals surface area contributed by atoms with Crippen LogP contribution in [0.2, 0.25) is 0 Å². The minimum Gasteiger partial charge on any atom is -0.497 e. The normalized spacial score (nSPS) is 13.3. The maximum Gasteiger partial charge on any atom is 0.233 e. The fourth-order valence-electron chi connectivity index (χ4n) is 1.56. The predicted molar refractivity (Wildman–Crippen MR) is 76.5 cm³/mol. The third kappa shape index (κ3) is 6.16. The van der Waals surface area contributed by atoms with E-state index in [1.165, 1.54) is 0 Å². The summed E-state index contributed by atoms with van der Waals surface area (Å²) in [4.78, 5) is 0. The molecule has 0 aromatic heterocycles. The maximum atomic E-state index is 11.1. The van der Waals surface area contributed by atoms with Crippen LogP contribution in [0.1, 0.15) is 13.8 Å². The van der Waals surface area contributed by atoms with Gasteiger partial charge in [0.1, 0.15) is 11.5 Å². The Labute approximate surface area is 119 Å². The second-order valence-electron chi connectivity index (χ2n) is 4.70. The molecule has 1 aromatic rings. The first kappa shape index (κ1) is 16.1. The molecule has 1 atom stereocenters. The second kappa shape index (κ2) is 7.01. The first-order valence-electron chi connectivity index (χ1n) is 6.01. The Morgan fingerprint density at radius 2 is 1.68 bits per heavy atom. The van der Waals surface area contributed by atoms with Crippen molar-refractivity contribution in [2.24, 2.45) is 11.8 Å². The summed E-state index contributed by atoms with van der Waals surface area (Å²) in [5, 5.41) is 0. The number of halogens is 1. The summed E-state index contributed by atoms with van der Waals surface area (Å²) in [5.41, 5.74) is 0. The molecule has 6 heteroatoms. The molecule has 1 rings (SSSR count). The Kier molecular flexibility index (Phi) is 5.94. The van der Waals surface area contributed by atoms with Crippen LogP contribution in [-0.4, -0.2) is 27.9 Å². The largest absolute Gasteiger partial charge is 0.497 e. The highest BCUT2D eigenvalue weighted by Crippen LogP contribution is 2.20. The zero-order valence-corrected chi connectivity index (χ0v) is 12.9. The minimum atomic E-state index is -3.51. The van der Waals surface area contributed by atoms with Gasteiger partial charge in [-0.1, -0.05) is 13.8 Å². The summed E-state index contributed by atoms with van der Waals surface area (Å²) in [6.07, 6.45) is 0. The number of benzene rings is 1. The third-order valence-corrected chi connectivity index (χ3v) is 4.08. The van der Waals surface area contributed by atoms with Crippen LogP contribution < -0.4 is 9.47 Å². The summed E-state index contributed by atoms with van der Waals surface area (Å²) in [5.74, 6) is 1.38. The highest BCUT2D eigenvalue weighted by Gasteiger charge is 2.21. The molecule has 0 radical (unpaired) electrons. The van der Waals surface area contributed by atoms with Crippen molar-refractivity contribution in [2.45, 2.75) is 13.8 Å². The average molecular weight is 307 g/mol. The molecule has 0 aliphatic carbocycles. The number of methoxy groups -OCH3 is 1. The van der Waals surface area contributed by atoms with Gasteiger partial charge in [-0.25, -0.2) is 8.42 Å². The molecule has 0 amide bonds. The van der Waals surface area contributed by atoms with Gasteiger partial charge in [0, 0.05) is 16.6 Å². The van der Waals surface area contributed by atoms with Gasteiger partial charge in [0.2, 0.25) is 9.05 Å². The SMILES string of the molecule is COc1ccc(OCC(CS(=O)(=O)Cl)C(C)C)cc1. The average Bonchev–Trinajstić information content (AvgIpc) is 2.33. The fourth-order valence-corrected chi connectivity index (χ4v) is 3.04. The van der Waals surface area contributed by atoms with Crippen molar-refractivity contribution in [3.05, 3.63) is 24.3 Å². The summed E-state index contributed by atoms with van der Waals surface area (Å²) >= 11 is 0. The van der Waals surface area contributed by atoms with Crippen LogP contribution in [0, 0.1) is 11.8 Å². The lowest BCUT2D eigenvalue weighted by atomic mass is 9.99. The first-order chi connectivity index (χ1) is 8.81. The van der Waals surface area contributed by atoms with Crippen LogP contribution >= 0.6 is 10.7 Å². The maximum absolute atomic E-state index is 11.1. The molecule has 19 heavy (non-hydrogen) atoms. The van der Waals surface area contributed by atoms with E-state index in [0.717, 1.165) is 5.75 Å². The molecule has 108 valence electrons. The van der Waals surface area contributed by atoms with Crippen molar-refractivity contribution in [1.82, 2.24) is 0 Å². The molecule has 0 saturated heterocycles. The van der Waals surface area contributed by atoms with Crippen molar-refractivity contribution in [1.29, 1.82) is 0 Å². The van der Waals surface area contributed by atoms with E-state index in [1.54, 1.807) is 31.4 Å². The Balaban J connectivity index is 2.60. The highest BCUT2D eigenvalue weighted by atomic mass is 35.7. The van der Waals surface area contributed by atoms with Crippen molar-refractivity contribution < 1.29 is 17.9 Å². The lowest BCUT2D eigenvalue weighted by Gasteiger charge is -2.19. The van der Waals surface area contributed by atoms with Crippen LogP contribution in [0.25, 0.3) is 0 Å². The van der Waals surface area contributed by atoms with Crippen LogP contribution in [-0.2, 0) is 9.05 Å². The molecule has 0 aliphatic rings. The summed E-state index contributed by atoms with van der Waals surface area (Å²) in [6, 6.07) is 7.15. The van der Waals surface area contributed by atoms with Gasteiger partial charge < -0.3 is 9.47 Å². The zero-order chi connectivity index (χ0) is 14.5. The fraction of sp³-hybridized carbons (Fsp3) is 0.538. The molecule has 1 unspecified atom stereocenters. The van der Waals surface area contributed by atoms with E-state index in [9.17, 15) is 8.42 Å². The van der Waals surface area contributed by atoms with Gasteiger partial charge in [0.05, 0.1) is 19.5 Å². The van der Waals surface area contributed by atoms with Gasteiger partial charge in [-0.05, 0) is 30.2 Å². The molecular weight excluding hydrogens is 288 g/mol. The molecule has 4 nitrogen and oxygen atoms in total. The Morgan fingerprint density at radius 3 is 2.11 bits per heavy atom. The van der Waals surface area contributed by atoms with E-state index in [4.69, 9.17) is 20.2 Å². The lowest BCUT2D eigenvalue weighted by Crippen LogP contribution is -2.24. The molecule has 0 spiro atoms. The van der Waals surface area contributed by atoms with Crippen molar-refractivity contribution in [2.75, 3.05) is 19.5 Å². The zero-order valence-electron chi connectivity index (χ0n) is 11.3.